The molecule has 0 heterocycles. The van der Waals surface area contributed by atoms with Gasteiger partial charge in [0.25, 0.3) is 0 Å². The molecule has 7 nitrogen and oxygen atoms in total. The van der Waals surface area contributed by atoms with Crippen LogP contribution in [0.4, 0.5) is 0 Å². The Morgan fingerprint density at radius 3 is 2.00 bits per heavy atom. The molecule has 0 saturated heterocycles. The van der Waals surface area contributed by atoms with E-state index in [4.69, 9.17) is 15.3 Å². The summed E-state index contributed by atoms with van der Waals surface area (Å²) < 4.78 is 0. The third-order valence-electron chi connectivity index (χ3n) is 0.747. The van der Waals surface area contributed by atoms with Gasteiger partial charge in [-0.1, -0.05) is 0 Å². The molecule has 0 aromatic carbocycles. The molecule has 0 amide bonds. The van der Waals surface area contributed by atoms with Crippen LogP contribution in [-0.2, 0) is 0 Å². The van der Waals surface area contributed by atoms with E-state index in [9.17, 15) is 10.1 Å². The maximum Gasteiger partial charge on any atom is 0.341 e. The van der Waals surface area contributed by atoms with E-state index in [0.717, 1.165) is 0 Å². The minimum Gasteiger partial charge on any atom is -0.393 e. The van der Waals surface area contributed by atoms with E-state index in [1.807, 2.05) is 0 Å². The molecule has 0 aromatic heterocycles. The van der Waals surface area contributed by atoms with Gasteiger partial charge in [-0.05, 0) is 0 Å². The van der Waals surface area contributed by atoms with Gasteiger partial charge in [-0.25, -0.2) is 0 Å². The fourth-order valence-corrected chi connectivity index (χ4v) is 0.235. The lowest BCUT2D eigenvalue weighted by atomic mass is 10.3. The summed E-state index contributed by atoms with van der Waals surface area (Å²) in [5.41, 5.74) is 0. The van der Waals surface area contributed by atoms with Gasteiger partial charge in [-0.2, -0.15) is 0 Å². The lowest BCUT2D eigenvalue weighted by Crippen LogP contribution is -2.35. The van der Waals surface area contributed by atoms with Crippen LogP contribution in [0, 0.1) is 10.1 Å². The fraction of sp³-hybridized carbons (Fsp3) is 1.00. The summed E-state index contributed by atoms with van der Waals surface area (Å²) >= 11 is 0. The van der Waals surface area contributed by atoms with Crippen LogP contribution in [0.1, 0.15) is 0 Å². The molecular formula is C3H10N2O5. The Kier molecular flexibility index (Phi) is 6.05. The zero-order valence-corrected chi connectivity index (χ0v) is 5.17. The first-order valence-corrected chi connectivity index (χ1v) is 2.20. The van der Waals surface area contributed by atoms with Gasteiger partial charge in [0.15, 0.2) is 6.10 Å². The molecule has 0 saturated carbocycles. The highest BCUT2D eigenvalue weighted by Gasteiger charge is 2.25. The van der Waals surface area contributed by atoms with Gasteiger partial charge in [-0.15, -0.1) is 0 Å². The summed E-state index contributed by atoms with van der Waals surface area (Å²) in [6.07, 6.45) is -3.78. The largest absolute Gasteiger partial charge is 0.393 e. The van der Waals surface area contributed by atoms with E-state index in [2.05, 4.69) is 0 Å². The van der Waals surface area contributed by atoms with Gasteiger partial charge in [0.05, 0.1) is 11.5 Å². The van der Waals surface area contributed by atoms with Crippen molar-refractivity contribution in [3.63, 3.8) is 0 Å². The molecule has 0 aromatic rings. The van der Waals surface area contributed by atoms with Crippen LogP contribution in [0.3, 0.4) is 0 Å². The van der Waals surface area contributed by atoms with Crippen molar-refractivity contribution in [3.8, 4) is 0 Å². The maximum absolute atomic E-state index is 9.58. The first-order valence-electron chi connectivity index (χ1n) is 2.20. The van der Waals surface area contributed by atoms with Crippen molar-refractivity contribution < 1.29 is 20.2 Å². The quantitative estimate of drug-likeness (QED) is 0.212. The Morgan fingerprint density at radius 1 is 1.50 bits per heavy atom. The lowest BCUT2D eigenvalue weighted by Gasteiger charge is -2.05. The second-order valence-corrected chi connectivity index (χ2v) is 1.45. The Morgan fingerprint density at radius 2 is 1.90 bits per heavy atom. The number of hydrogen-bond donors (Lipinski definition) is 4. The summed E-state index contributed by atoms with van der Waals surface area (Å²) in [5, 5.41) is 34.3. The van der Waals surface area contributed by atoms with E-state index in [1.54, 1.807) is 0 Å². The Bertz CT molecular complexity index is 107. The maximum atomic E-state index is 9.58. The molecule has 2 atom stereocenters. The predicted molar refractivity (Wildman–Crippen MR) is 31.1 cm³/mol. The monoisotopic (exact) mass is 154 g/mol. The highest BCUT2D eigenvalue weighted by molar-refractivity contribution is 4.52. The molecule has 2 unspecified atom stereocenters. The topological polar surface area (TPSA) is 139 Å². The van der Waals surface area contributed by atoms with Gasteiger partial charge < -0.3 is 21.5 Å². The third kappa shape index (κ3) is 3.30. The summed E-state index contributed by atoms with van der Waals surface area (Å²) in [7, 11) is 0. The van der Waals surface area contributed by atoms with Crippen LogP contribution in [0.25, 0.3) is 0 Å². The van der Waals surface area contributed by atoms with E-state index in [-0.39, 0.29) is 6.15 Å². The first-order chi connectivity index (χ1) is 4.09. The number of nitrogens with zero attached hydrogens (tertiary/aromatic N) is 1. The number of rotatable bonds is 3. The lowest BCUT2D eigenvalue weighted by molar-refractivity contribution is -0.583. The van der Waals surface area contributed by atoms with Crippen molar-refractivity contribution in [1.82, 2.24) is 6.15 Å². The van der Waals surface area contributed by atoms with Gasteiger partial charge in [0, 0.05) is 0 Å². The van der Waals surface area contributed by atoms with Crippen molar-refractivity contribution >= 4 is 0 Å². The molecule has 62 valence electrons. The van der Waals surface area contributed by atoms with E-state index in [0.29, 0.717) is 0 Å². The summed E-state index contributed by atoms with van der Waals surface area (Å²) in [6, 6.07) is 0. The van der Waals surface area contributed by atoms with E-state index < -0.39 is 23.9 Å². The summed E-state index contributed by atoms with van der Waals surface area (Å²) in [6.45, 7) is -0.817. The average Bonchev–Trinajstić information content (AvgIpc) is 1.84. The average molecular weight is 154 g/mol. The predicted octanol–water partition coefficient (Wildman–Crippen LogP) is -1.90. The van der Waals surface area contributed by atoms with Crippen LogP contribution in [0.15, 0.2) is 0 Å². The molecule has 0 aliphatic heterocycles. The minimum atomic E-state index is -2.09. The minimum absolute atomic E-state index is 0. The van der Waals surface area contributed by atoms with Crippen LogP contribution in [-0.4, -0.2) is 39.2 Å². The second kappa shape index (κ2) is 5.06. The van der Waals surface area contributed by atoms with E-state index >= 15 is 0 Å². The van der Waals surface area contributed by atoms with Crippen LogP contribution in [0.5, 0.6) is 0 Å². The standard InChI is InChI=1S/C3H7NO5.H3N/c5-1-2(6)3(7)4(8)9;/h2-3,5-7H,1H2;1H3. The van der Waals surface area contributed by atoms with E-state index in [1.165, 1.54) is 0 Å². The highest BCUT2D eigenvalue weighted by atomic mass is 16.7. The molecule has 0 rings (SSSR count). The zero-order chi connectivity index (χ0) is 7.44. The van der Waals surface area contributed by atoms with Crippen molar-refractivity contribution in [2.24, 2.45) is 0 Å². The van der Waals surface area contributed by atoms with Crippen molar-refractivity contribution in [2.75, 3.05) is 6.61 Å². The number of hydrogen-bond acceptors (Lipinski definition) is 6. The SMILES string of the molecule is N.O=[N+]([O-])C(O)C(O)CO. The van der Waals surface area contributed by atoms with Crippen LogP contribution >= 0.6 is 0 Å². The molecule has 10 heavy (non-hydrogen) atoms. The van der Waals surface area contributed by atoms with Gasteiger partial charge in [-0.3, -0.25) is 10.1 Å². The van der Waals surface area contributed by atoms with Crippen molar-refractivity contribution in [3.05, 3.63) is 10.1 Å². The smallest absolute Gasteiger partial charge is 0.341 e. The normalized spacial score (nSPS) is 15.1. The molecule has 0 aliphatic carbocycles. The second-order valence-electron chi connectivity index (χ2n) is 1.45. The Hall–Kier alpha value is -0.760. The number of aliphatic hydroxyl groups excluding tert-OH is 3. The Labute approximate surface area is 56.6 Å². The van der Waals surface area contributed by atoms with Crippen LogP contribution in [0.2, 0.25) is 0 Å². The fourth-order valence-electron chi connectivity index (χ4n) is 0.235. The van der Waals surface area contributed by atoms with Crippen LogP contribution < -0.4 is 6.15 Å². The van der Waals surface area contributed by atoms with Gasteiger partial charge >= 0.3 is 6.23 Å². The number of aliphatic hydroxyl groups is 3. The molecule has 7 heteroatoms. The molecule has 0 aliphatic rings. The summed E-state index contributed by atoms with van der Waals surface area (Å²) in [4.78, 5) is 8.50. The van der Waals surface area contributed by atoms with Crippen molar-refractivity contribution in [1.29, 1.82) is 0 Å². The zero-order valence-electron chi connectivity index (χ0n) is 5.17. The molecule has 6 N–H and O–H groups in total. The third-order valence-corrected chi connectivity index (χ3v) is 0.747. The van der Waals surface area contributed by atoms with Gasteiger partial charge in [0.1, 0.15) is 0 Å². The van der Waals surface area contributed by atoms with Crippen molar-refractivity contribution in [2.45, 2.75) is 12.3 Å². The molecule has 0 bridgehead atoms. The molecule has 0 spiro atoms. The Balaban J connectivity index is 0. The first kappa shape index (κ1) is 12.0. The van der Waals surface area contributed by atoms with Gasteiger partial charge in [0.2, 0.25) is 0 Å². The molecular weight excluding hydrogens is 144 g/mol. The molecule has 0 radical (unpaired) electrons. The highest BCUT2D eigenvalue weighted by Crippen LogP contribution is 1.91. The summed E-state index contributed by atoms with van der Waals surface area (Å²) in [5.74, 6) is 0. The molecule has 0 fully saturated rings. The number of nitro groups is 1.